The molecule has 0 saturated carbocycles. The van der Waals surface area contributed by atoms with Gasteiger partial charge in [-0.05, 0) is 6.07 Å². The predicted octanol–water partition coefficient (Wildman–Crippen LogP) is 1.56. The lowest BCUT2D eigenvalue weighted by Crippen LogP contribution is -2.49. The second kappa shape index (κ2) is 4.79. The van der Waals surface area contributed by atoms with Crippen LogP contribution in [0.3, 0.4) is 0 Å². The molecule has 1 aliphatic heterocycles. The molecule has 1 aromatic heterocycles. The van der Waals surface area contributed by atoms with Crippen molar-refractivity contribution in [2.45, 2.75) is 11.8 Å². The fourth-order valence-corrected chi connectivity index (χ4v) is 1.93. The fourth-order valence-electron chi connectivity index (χ4n) is 1.53. The van der Waals surface area contributed by atoms with E-state index in [1.165, 1.54) is 17.2 Å². The van der Waals surface area contributed by atoms with Gasteiger partial charge < -0.3 is 0 Å². The van der Waals surface area contributed by atoms with Gasteiger partial charge in [0.2, 0.25) is 11.9 Å². The van der Waals surface area contributed by atoms with Gasteiger partial charge >= 0.3 is 6.03 Å². The molecule has 0 unspecified atom stereocenters. The zero-order valence-corrected chi connectivity index (χ0v) is 10.3. The molecule has 0 bridgehead atoms. The first-order chi connectivity index (χ1) is 8.11. The van der Waals surface area contributed by atoms with Gasteiger partial charge in [0.25, 0.3) is 0 Å². The molecule has 2 heterocycles. The van der Waals surface area contributed by atoms with Gasteiger partial charge in [0.15, 0.2) is 0 Å². The number of carbonyl (C=O) groups excluding carboxylic acids is 2. The lowest BCUT2D eigenvalue weighted by atomic mass is 10.2. The number of alkyl halides is 1. The Morgan fingerprint density at radius 3 is 2.94 bits per heavy atom. The minimum absolute atomic E-state index is 0.229. The number of rotatable bonds is 2. The molecule has 17 heavy (non-hydrogen) atoms. The van der Waals surface area contributed by atoms with E-state index in [0.29, 0.717) is 16.6 Å². The summed E-state index contributed by atoms with van der Waals surface area (Å²) in [5.74, 6) is -0.874. The number of nitrogens with one attached hydrogen (secondary N) is 1. The summed E-state index contributed by atoms with van der Waals surface area (Å²) in [7, 11) is 0. The van der Waals surface area contributed by atoms with Crippen molar-refractivity contribution in [2.24, 2.45) is 0 Å². The molecular formula is C10H9BrFN3O2. The Balaban J connectivity index is 2.28. The first-order valence-electron chi connectivity index (χ1n) is 4.93. The number of aromatic nitrogens is 1. The third kappa shape index (κ3) is 2.44. The van der Waals surface area contributed by atoms with Crippen LogP contribution in [0.2, 0.25) is 0 Å². The number of hydrogen-bond acceptors (Lipinski definition) is 3. The second-order valence-corrected chi connectivity index (χ2v) is 4.09. The van der Waals surface area contributed by atoms with Gasteiger partial charge in [-0.1, -0.05) is 15.9 Å². The average Bonchev–Trinajstić information content (AvgIpc) is 2.30. The van der Waals surface area contributed by atoms with Gasteiger partial charge in [0, 0.05) is 23.9 Å². The second-order valence-electron chi connectivity index (χ2n) is 3.53. The molecule has 1 saturated heterocycles. The van der Waals surface area contributed by atoms with Gasteiger partial charge in [-0.15, -0.1) is 0 Å². The van der Waals surface area contributed by atoms with Crippen LogP contribution < -0.4 is 10.2 Å². The highest BCUT2D eigenvalue weighted by molar-refractivity contribution is 9.08. The Hall–Kier alpha value is -1.50. The maximum atomic E-state index is 13.2. The van der Waals surface area contributed by atoms with Gasteiger partial charge in [-0.25, -0.2) is 9.78 Å². The summed E-state index contributed by atoms with van der Waals surface area (Å²) in [6.45, 7) is 0.277. The minimum Gasteiger partial charge on any atom is -0.292 e. The van der Waals surface area contributed by atoms with Crippen LogP contribution in [-0.2, 0) is 10.1 Å². The third-order valence-electron chi connectivity index (χ3n) is 2.41. The highest BCUT2D eigenvalue weighted by atomic mass is 79.9. The van der Waals surface area contributed by atoms with E-state index in [0.717, 1.165) is 0 Å². The van der Waals surface area contributed by atoms with E-state index in [1.54, 1.807) is 0 Å². The highest BCUT2D eigenvalue weighted by Crippen LogP contribution is 2.20. The predicted molar refractivity (Wildman–Crippen MR) is 62.3 cm³/mol. The Bertz CT molecular complexity index is 481. The summed E-state index contributed by atoms with van der Waals surface area (Å²) < 4.78 is 13.2. The van der Waals surface area contributed by atoms with Crippen LogP contribution in [0.5, 0.6) is 0 Å². The van der Waals surface area contributed by atoms with Crippen molar-refractivity contribution in [2.75, 3.05) is 11.4 Å². The zero-order valence-electron chi connectivity index (χ0n) is 8.74. The molecule has 1 N–H and O–H groups in total. The van der Waals surface area contributed by atoms with Gasteiger partial charge in [-0.3, -0.25) is 15.0 Å². The summed E-state index contributed by atoms with van der Waals surface area (Å²) in [4.78, 5) is 27.5. The maximum Gasteiger partial charge on any atom is 0.328 e. The van der Waals surface area contributed by atoms with Crippen LogP contribution in [0.25, 0.3) is 0 Å². The Morgan fingerprint density at radius 1 is 1.53 bits per heavy atom. The van der Waals surface area contributed by atoms with Crippen molar-refractivity contribution in [1.29, 1.82) is 0 Å². The van der Waals surface area contributed by atoms with E-state index >= 15 is 0 Å². The Morgan fingerprint density at radius 2 is 2.29 bits per heavy atom. The van der Waals surface area contributed by atoms with Crippen LogP contribution in [0, 0.1) is 5.95 Å². The van der Waals surface area contributed by atoms with Crippen molar-refractivity contribution in [3.63, 3.8) is 0 Å². The number of urea groups is 1. The summed E-state index contributed by atoms with van der Waals surface area (Å²) >= 11 is 3.14. The normalized spacial score (nSPS) is 16.0. The number of nitrogens with zero attached hydrogens (tertiary/aromatic N) is 2. The molecule has 1 aliphatic rings. The minimum atomic E-state index is -0.570. The van der Waals surface area contributed by atoms with Crippen molar-refractivity contribution in [3.05, 3.63) is 23.8 Å². The summed E-state index contributed by atoms with van der Waals surface area (Å²) in [5.41, 5.74) is 0.845. The Kier molecular flexibility index (Phi) is 3.37. The third-order valence-corrected chi connectivity index (χ3v) is 3.01. The van der Waals surface area contributed by atoms with Crippen molar-refractivity contribution in [3.8, 4) is 0 Å². The first kappa shape index (κ1) is 12.0. The van der Waals surface area contributed by atoms with Gasteiger partial charge in [0.1, 0.15) is 0 Å². The molecule has 0 atom stereocenters. The van der Waals surface area contributed by atoms with Crippen LogP contribution >= 0.6 is 15.9 Å². The highest BCUT2D eigenvalue weighted by Gasteiger charge is 2.24. The molecule has 0 aliphatic carbocycles. The van der Waals surface area contributed by atoms with Crippen LogP contribution in [0.1, 0.15) is 12.0 Å². The number of carbonyl (C=O) groups is 2. The monoisotopic (exact) mass is 301 g/mol. The number of amides is 3. The van der Waals surface area contributed by atoms with Crippen LogP contribution in [0.4, 0.5) is 14.9 Å². The van der Waals surface area contributed by atoms with E-state index in [-0.39, 0.29) is 18.9 Å². The lowest BCUT2D eigenvalue weighted by molar-refractivity contribution is -0.120. The van der Waals surface area contributed by atoms with E-state index in [4.69, 9.17) is 0 Å². The molecule has 7 heteroatoms. The Labute approximate surface area is 105 Å². The molecule has 5 nitrogen and oxygen atoms in total. The summed E-state index contributed by atoms with van der Waals surface area (Å²) in [5, 5.41) is 2.51. The van der Waals surface area contributed by atoms with Gasteiger partial charge in [0.05, 0.1) is 11.9 Å². The molecule has 0 radical (unpaired) electrons. The molecule has 3 amide bonds. The van der Waals surface area contributed by atoms with Crippen molar-refractivity contribution < 1.29 is 14.0 Å². The fraction of sp³-hybridized carbons (Fsp3) is 0.300. The summed E-state index contributed by atoms with van der Waals surface area (Å²) in [6, 6.07) is 1.03. The quantitative estimate of drug-likeness (QED) is 0.666. The zero-order chi connectivity index (χ0) is 12.4. The van der Waals surface area contributed by atoms with Crippen LogP contribution in [-0.4, -0.2) is 23.5 Å². The van der Waals surface area contributed by atoms with Crippen LogP contribution in [0.15, 0.2) is 12.3 Å². The lowest BCUT2D eigenvalue weighted by Gasteiger charge is -2.26. The largest absolute Gasteiger partial charge is 0.328 e. The molecular weight excluding hydrogens is 293 g/mol. The number of pyridine rings is 1. The standard InChI is InChI=1S/C10H9BrFN3O2/c11-4-6-3-7(5-13-9(6)12)15-2-1-8(16)14-10(15)17/h3,5H,1-2,4H2,(H,14,16,17). The number of hydrogen-bond donors (Lipinski definition) is 1. The van der Waals surface area contributed by atoms with E-state index in [9.17, 15) is 14.0 Å². The SMILES string of the molecule is O=C1CCN(c2cnc(F)c(CBr)c2)C(=O)N1. The number of anilines is 1. The van der Waals surface area contributed by atoms with Gasteiger partial charge in [-0.2, -0.15) is 4.39 Å². The number of halogens is 2. The first-order valence-corrected chi connectivity index (χ1v) is 6.05. The average molecular weight is 302 g/mol. The molecule has 2 rings (SSSR count). The topological polar surface area (TPSA) is 62.3 Å². The van der Waals surface area contributed by atoms with E-state index < -0.39 is 12.0 Å². The molecule has 1 fully saturated rings. The maximum absolute atomic E-state index is 13.2. The molecule has 0 aromatic carbocycles. The van der Waals surface area contributed by atoms with E-state index in [2.05, 4.69) is 26.2 Å². The smallest absolute Gasteiger partial charge is 0.292 e. The van der Waals surface area contributed by atoms with Crippen molar-refractivity contribution >= 4 is 33.6 Å². The number of imide groups is 1. The molecule has 0 spiro atoms. The molecule has 1 aromatic rings. The van der Waals surface area contributed by atoms with E-state index in [1.807, 2.05) is 0 Å². The summed E-state index contributed by atoms with van der Waals surface area (Å²) in [6.07, 6.45) is 1.50. The molecule has 90 valence electrons. The van der Waals surface area contributed by atoms with Crippen molar-refractivity contribution in [1.82, 2.24) is 10.3 Å².